The lowest BCUT2D eigenvalue weighted by atomic mass is 9.90. The van der Waals surface area contributed by atoms with E-state index in [0.717, 1.165) is 38.8 Å². The molecular formula is C18H31N3O5. The van der Waals surface area contributed by atoms with Crippen molar-refractivity contribution in [1.82, 2.24) is 14.7 Å². The first-order chi connectivity index (χ1) is 12.4. The predicted molar refractivity (Wildman–Crippen MR) is 94.9 cm³/mol. The summed E-state index contributed by atoms with van der Waals surface area (Å²) in [6, 6.07) is -0.0600. The van der Waals surface area contributed by atoms with Crippen molar-refractivity contribution in [2.45, 2.75) is 44.2 Å². The Balaban J connectivity index is 1.54. The minimum atomic E-state index is -0.973. The van der Waals surface area contributed by atoms with Gasteiger partial charge >= 0.3 is 6.09 Å². The van der Waals surface area contributed by atoms with E-state index in [1.165, 1.54) is 4.90 Å². The number of carbonyl (C=O) groups is 2. The van der Waals surface area contributed by atoms with E-state index < -0.39 is 6.09 Å². The van der Waals surface area contributed by atoms with Gasteiger partial charge in [-0.15, -0.1) is 0 Å². The molecule has 0 aromatic heterocycles. The van der Waals surface area contributed by atoms with Crippen LogP contribution < -0.4 is 0 Å². The van der Waals surface area contributed by atoms with Crippen LogP contribution >= 0.6 is 0 Å². The molecule has 3 rings (SSSR count). The van der Waals surface area contributed by atoms with Crippen molar-refractivity contribution in [1.29, 1.82) is 0 Å². The van der Waals surface area contributed by atoms with Gasteiger partial charge in [-0.25, -0.2) is 4.79 Å². The van der Waals surface area contributed by atoms with Gasteiger partial charge in [-0.05, 0) is 37.6 Å². The molecule has 0 aromatic rings. The molecular weight excluding hydrogens is 338 g/mol. The Morgan fingerprint density at radius 3 is 2.65 bits per heavy atom. The van der Waals surface area contributed by atoms with Crippen molar-refractivity contribution in [2.24, 2.45) is 5.41 Å². The molecule has 0 aromatic carbocycles. The van der Waals surface area contributed by atoms with Gasteiger partial charge in [0.2, 0.25) is 5.91 Å². The van der Waals surface area contributed by atoms with E-state index in [4.69, 9.17) is 9.84 Å². The van der Waals surface area contributed by atoms with Gasteiger partial charge < -0.3 is 29.6 Å². The fourth-order valence-electron chi connectivity index (χ4n) is 4.29. The van der Waals surface area contributed by atoms with E-state index in [2.05, 4.69) is 4.90 Å². The molecule has 3 fully saturated rings. The molecule has 8 heteroatoms. The summed E-state index contributed by atoms with van der Waals surface area (Å²) in [5.74, 6) is -0.00795. The quantitative estimate of drug-likeness (QED) is 0.706. The van der Waals surface area contributed by atoms with Gasteiger partial charge in [0.25, 0.3) is 0 Å². The third-order valence-corrected chi connectivity index (χ3v) is 6.33. The number of hydrogen-bond acceptors (Lipinski definition) is 5. The smallest absolute Gasteiger partial charge is 0.407 e. The highest BCUT2D eigenvalue weighted by Crippen LogP contribution is 2.53. The average Bonchev–Trinajstić information content (AvgIpc) is 3.40. The Morgan fingerprint density at radius 2 is 2.04 bits per heavy atom. The Kier molecular flexibility index (Phi) is 6.04. The molecule has 2 amide bonds. The molecule has 1 saturated carbocycles. The second-order valence-electron chi connectivity index (χ2n) is 7.93. The zero-order valence-electron chi connectivity index (χ0n) is 15.6. The number of hydrogen-bond donors (Lipinski definition) is 2. The Bertz CT molecular complexity index is 525. The lowest BCUT2D eigenvalue weighted by Gasteiger charge is -2.38. The number of carbonyl (C=O) groups excluding carboxylic acids is 1. The molecule has 8 nitrogen and oxygen atoms in total. The molecule has 148 valence electrons. The molecule has 0 radical (unpaired) electrons. The first-order valence-electron chi connectivity index (χ1n) is 9.62. The first-order valence-corrected chi connectivity index (χ1v) is 9.62. The van der Waals surface area contributed by atoms with Crippen LogP contribution in [-0.4, -0.2) is 102 Å². The van der Waals surface area contributed by atoms with Crippen molar-refractivity contribution in [3.05, 3.63) is 0 Å². The zero-order chi connectivity index (χ0) is 18.7. The molecule has 26 heavy (non-hydrogen) atoms. The number of amides is 2. The summed E-state index contributed by atoms with van der Waals surface area (Å²) in [4.78, 5) is 29.0. The molecule has 3 aliphatic rings. The van der Waals surface area contributed by atoms with Crippen LogP contribution in [0, 0.1) is 5.41 Å². The largest absolute Gasteiger partial charge is 0.465 e. The number of ether oxygens (including phenoxy) is 1. The molecule has 0 bridgehead atoms. The fraction of sp³-hybridized carbons (Fsp3) is 0.889. The van der Waals surface area contributed by atoms with Crippen molar-refractivity contribution >= 4 is 12.0 Å². The first kappa shape index (κ1) is 19.4. The van der Waals surface area contributed by atoms with Crippen LogP contribution in [0.5, 0.6) is 0 Å². The maximum Gasteiger partial charge on any atom is 0.407 e. The summed E-state index contributed by atoms with van der Waals surface area (Å²) >= 11 is 0. The lowest BCUT2D eigenvalue weighted by Crippen LogP contribution is -2.49. The van der Waals surface area contributed by atoms with E-state index in [9.17, 15) is 14.7 Å². The number of aliphatic hydroxyl groups is 1. The van der Waals surface area contributed by atoms with Crippen molar-refractivity contribution in [2.75, 3.05) is 53.0 Å². The van der Waals surface area contributed by atoms with Crippen molar-refractivity contribution in [3.8, 4) is 0 Å². The van der Waals surface area contributed by atoms with E-state index in [0.29, 0.717) is 26.2 Å². The maximum atomic E-state index is 12.5. The Morgan fingerprint density at radius 1 is 1.27 bits per heavy atom. The SMILES string of the molecule is COC[C@H](CCN1CCC2(CC2)C(O)C1)N1CCN(C(=O)O)CCC1=O. The molecule has 1 unspecified atom stereocenters. The molecule has 1 spiro atoms. The highest BCUT2D eigenvalue weighted by Gasteiger charge is 2.51. The number of β-amino-alcohol motifs (C(OH)–C–C–N with tert-alkyl or cyclic N) is 1. The summed E-state index contributed by atoms with van der Waals surface area (Å²) in [5.41, 5.74) is 0.198. The molecule has 2 aliphatic heterocycles. The van der Waals surface area contributed by atoms with Crippen LogP contribution in [0.25, 0.3) is 0 Å². The van der Waals surface area contributed by atoms with E-state index >= 15 is 0 Å². The second kappa shape index (κ2) is 8.10. The van der Waals surface area contributed by atoms with Crippen LogP contribution in [0.3, 0.4) is 0 Å². The summed E-state index contributed by atoms with van der Waals surface area (Å²) < 4.78 is 5.33. The van der Waals surface area contributed by atoms with Gasteiger partial charge in [-0.2, -0.15) is 0 Å². The minimum Gasteiger partial charge on any atom is -0.465 e. The van der Waals surface area contributed by atoms with Gasteiger partial charge in [0.15, 0.2) is 0 Å². The number of carboxylic acid groups (broad SMARTS) is 1. The summed E-state index contributed by atoms with van der Waals surface area (Å²) in [6.07, 6.45) is 3.14. The number of nitrogens with zero attached hydrogens (tertiary/aromatic N) is 3. The van der Waals surface area contributed by atoms with Crippen LogP contribution in [0.4, 0.5) is 4.79 Å². The van der Waals surface area contributed by atoms with Gasteiger partial charge in [0, 0.05) is 46.3 Å². The summed E-state index contributed by atoms with van der Waals surface area (Å²) in [7, 11) is 1.63. The normalized spacial score (nSPS) is 27.5. The highest BCUT2D eigenvalue weighted by atomic mass is 16.5. The topological polar surface area (TPSA) is 93.6 Å². The number of rotatable bonds is 6. The summed E-state index contributed by atoms with van der Waals surface area (Å²) in [6.45, 7) is 3.96. The zero-order valence-corrected chi connectivity index (χ0v) is 15.6. The number of likely N-dealkylation sites (tertiary alicyclic amines) is 1. The number of piperidine rings is 1. The third-order valence-electron chi connectivity index (χ3n) is 6.33. The maximum absolute atomic E-state index is 12.5. The molecule has 1 aliphatic carbocycles. The van der Waals surface area contributed by atoms with Gasteiger partial charge in [0.05, 0.1) is 18.8 Å². The monoisotopic (exact) mass is 369 g/mol. The number of methoxy groups -OCH3 is 1. The lowest BCUT2D eigenvalue weighted by molar-refractivity contribution is -0.134. The van der Waals surface area contributed by atoms with Crippen molar-refractivity contribution < 1.29 is 24.5 Å². The Hall–Kier alpha value is -1.38. The van der Waals surface area contributed by atoms with E-state index in [1.54, 1.807) is 12.0 Å². The third kappa shape index (κ3) is 4.29. The molecule has 2 N–H and O–H groups in total. The average molecular weight is 369 g/mol. The standard InChI is InChI=1S/C18H31N3O5/c1-26-13-14(21-11-10-20(17(24)25)8-3-16(21)23)2-7-19-9-6-18(4-5-18)15(22)12-19/h14-15,22H,2-13H2,1H3,(H,24,25)/t14-,15?/m0/s1. The van der Waals surface area contributed by atoms with Gasteiger partial charge in [-0.1, -0.05) is 0 Å². The van der Waals surface area contributed by atoms with Crippen LogP contribution in [0.15, 0.2) is 0 Å². The highest BCUT2D eigenvalue weighted by molar-refractivity contribution is 5.78. The van der Waals surface area contributed by atoms with Crippen LogP contribution in [0.1, 0.15) is 32.1 Å². The van der Waals surface area contributed by atoms with Crippen molar-refractivity contribution in [3.63, 3.8) is 0 Å². The van der Waals surface area contributed by atoms with Crippen LogP contribution in [0.2, 0.25) is 0 Å². The van der Waals surface area contributed by atoms with Gasteiger partial charge in [-0.3, -0.25) is 4.79 Å². The summed E-state index contributed by atoms with van der Waals surface area (Å²) in [5, 5.41) is 19.5. The van der Waals surface area contributed by atoms with Gasteiger partial charge in [0.1, 0.15) is 0 Å². The molecule has 2 atom stereocenters. The number of aliphatic hydroxyl groups excluding tert-OH is 1. The minimum absolute atomic E-state index is 0.00795. The van der Waals surface area contributed by atoms with E-state index in [-0.39, 0.29) is 36.4 Å². The van der Waals surface area contributed by atoms with E-state index in [1.807, 2.05) is 0 Å². The van der Waals surface area contributed by atoms with Crippen LogP contribution in [-0.2, 0) is 9.53 Å². The fourth-order valence-corrected chi connectivity index (χ4v) is 4.29. The Labute approximate surface area is 154 Å². The predicted octanol–water partition coefficient (Wildman–Crippen LogP) is 0.451. The second-order valence-corrected chi connectivity index (χ2v) is 7.93. The molecule has 2 heterocycles. The molecule has 2 saturated heterocycles.